The Bertz CT molecular complexity index is 1080. The van der Waals surface area contributed by atoms with Crippen LogP contribution in [0, 0.1) is 0 Å². The summed E-state index contributed by atoms with van der Waals surface area (Å²) in [6.07, 6.45) is 6.59. The van der Waals surface area contributed by atoms with Gasteiger partial charge >= 0.3 is 6.03 Å². The Balaban J connectivity index is 1.74. The molecule has 1 heterocycles. The molecular formula is C24H22N4O4. The molecule has 1 unspecified atom stereocenters. The third-order valence-corrected chi connectivity index (χ3v) is 4.61. The van der Waals surface area contributed by atoms with E-state index in [0.29, 0.717) is 12.0 Å². The number of nitrogens with one attached hydrogen (secondary N) is 3. The van der Waals surface area contributed by atoms with E-state index in [4.69, 9.17) is 5.21 Å². The zero-order chi connectivity index (χ0) is 22.8. The lowest BCUT2D eigenvalue weighted by molar-refractivity contribution is -0.124. The maximum absolute atomic E-state index is 12.5. The Morgan fingerprint density at radius 2 is 1.72 bits per heavy atom. The second-order valence-electron chi connectivity index (χ2n) is 6.89. The SMILES string of the molecule is O=C(C=Cc1ccc(C(Cc2cccnc2)NC(=O)NC(=O)c2ccccc2)cc1)NO. The fourth-order valence-electron chi connectivity index (χ4n) is 3.01. The second kappa shape index (κ2) is 11.2. The van der Waals surface area contributed by atoms with E-state index in [1.54, 1.807) is 60.9 Å². The monoisotopic (exact) mass is 430 g/mol. The molecule has 0 saturated heterocycles. The molecule has 0 radical (unpaired) electrons. The Kier molecular flexibility index (Phi) is 7.83. The first-order chi connectivity index (χ1) is 15.5. The maximum Gasteiger partial charge on any atom is 0.322 e. The second-order valence-corrected chi connectivity index (χ2v) is 6.89. The smallest absolute Gasteiger partial charge is 0.322 e. The van der Waals surface area contributed by atoms with Crippen molar-refractivity contribution >= 4 is 23.9 Å². The van der Waals surface area contributed by atoms with E-state index in [-0.39, 0.29) is 0 Å². The molecule has 4 N–H and O–H groups in total. The van der Waals surface area contributed by atoms with E-state index in [1.807, 2.05) is 24.3 Å². The number of benzene rings is 2. The van der Waals surface area contributed by atoms with Crippen molar-refractivity contribution < 1.29 is 19.6 Å². The van der Waals surface area contributed by atoms with E-state index in [2.05, 4.69) is 15.6 Å². The van der Waals surface area contributed by atoms with Crippen LogP contribution in [0.2, 0.25) is 0 Å². The van der Waals surface area contributed by atoms with Crippen LogP contribution < -0.4 is 16.1 Å². The highest BCUT2D eigenvalue weighted by atomic mass is 16.5. The highest BCUT2D eigenvalue weighted by Crippen LogP contribution is 2.19. The molecule has 0 spiro atoms. The number of amides is 4. The first-order valence-electron chi connectivity index (χ1n) is 9.83. The lowest BCUT2D eigenvalue weighted by atomic mass is 9.98. The summed E-state index contributed by atoms with van der Waals surface area (Å²) in [5.74, 6) is -1.13. The van der Waals surface area contributed by atoms with Gasteiger partial charge in [0.1, 0.15) is 0 Å². The minimum absolute atomic E-state index is 0.384. The van der Waals surface area contributed by atoms with E-state index in [9.17, 15) is 14.4 Å². The highest BCUT2D eigenvalue weighted by molar-refractivity contribution is 6.04. The summed E-state index contributed by atoms with van der Waals surface area (Å²) >= 11 is 0. The van der Waals surface area contributed by atoms with Gasteiger partial charge in [0.15, 0.2) is 0 Å². The summed E-state index contributed by atoms with van der Waals surface area (Å²) in [4.78, 5) is 40.1. The van der Waals surface area contributed by atoms with Gasteiger partial charge < -0.3 is 5.32 Å². The number of imide groups is 1. The zero-order valence-electron chi connectivity index (χ0n) is 17.1. The minimum atomic E-state index is -0.634. The largest absolute Gasteiger partial charge is 0.331 e. The molecule has 0 aliphatic carbocycles. The number of hydrogen-bond acceptors (Lipinski definition) is 5. The molecule has 0 fully saturated rings. The number of aromatic nitrogens is 1. The molecule has 2 aromatic carbocycles. The van der Waals surface area contributed by atoms with Crippen LogP contribution in [0.15, 0.2) is 85.2 Å². The van der Waals surface area contributed by atoms with Gasteiger partial charge in [-0.1, -0.05) is 48.5 Å². The van der Waals surface area contributed by atoms with Crippen LogP contribution in [0.4, 0.5) is 4.79 Å². The molecule has 162 valence electrons. The van der Waals surface area contributed by atoms with Gasteiger partial charge in [-0.15, -0.1) is 0 Å². The molecule has 8 heteroatoms. The van der Waals surface area contributed by atoms with Crippen LogP contribution in [-0.2, 0) is 11.2 Å². The number of hydrogen-bond donors (Lipinski definition) is 4. The zero-order valence-corrected chi connectivity index (χ0v) is 17.1. The highest BCUT2D eigenvalue weighted by Gasteiger charge is 2.17. The third kappa shape index (κ3) is 6.61. The minimum Gasteiger partial charge on any atom is -0.331 e. The van der Waals surface area contributed by atoms with Crippen molar-refractivity contribution in [1.29, 1.82) is 0 Å². The van der Waals surface area contributed by atoms with Gasteiger partial charge in [-0.25, -0.2) is 10.3 Å². The number of pyridine rings is 1. The molecule has 32 heavy (non-hydrogen) atoms. The Hall–Kier alpha value is -4.30. The molecule has 0 bridgehead atoms. The van der Waals surface area contributed by atoms with Crippen molar-refractivity contribution in [3.63, 3.8) is 0 Å². The molecule has 0 aliphatic rings. The van der Waals surface area contributed by atoms with Gasteiger partial charge in [-0.3, -0.25) is 25.1 Å². The van der Waals surface area contributed by atoms with Crippen molar-refractivity contribution in [2.45, 2.75) is 12.5 Å². The van der Waals surface area contributed by atoms with Gasteiger partial charge in [-0.05, 0) is 47.4 Å². The van der Waals surface area contributed by atoms with Crippen LogP contribution in [0.25, 0.3) is 6.08 Å². The molecule has 1 aromatic heterocycles. The summed E-state index contributed by atoms with van der Waals surface area (Å²) in [6.45, 7) is 0. The standard InChI is InChI=1S/C24H22N4O4/c29-22(28-32)13-10-17-8-11-19(12-9-17)21(15-18-5-4-14-25-16-18)26-24(31)27-23(30)20-6-2-1-3-7-20/h1-14,16,21,32H,15H2,(H,28,29)(H2,26,27,30,31). The van der Waals surface area contributed by atoms with Crippen LogP contribution in [0.1, 0.15) is 33.1 Å². The Labute approximate surface area is 185 Å². The average Bonchev–Trinajstić information content (AvgIpc) is 2.83. The van der Waals surface area contributed by atoms with Crippen molar-refractivity contribution in [2.24, 2.45) is 0 Å². The summed E-state index contributed by atoms with van der Waals surface area (Å²) in [5, 5.41) is 13.8. The lowest BCUT2D eigenvalue weighted by Gasteiger charge is -2.20. The Morgan fingerprint density at radius 1 is 0.969 bits per heavy atom. The predicted octanol–water partition coefficient (Wildman–Crippen LogP) is 3.02. The molecule has 4 amide bonds. The van der Waals surface area contributed by atoms with Gasteiger partial charge in [0.2, 0.25) is 0 Å². The van der Waals surface area contributed by atoms with Crippen LogP contribution >= 0.6 is 0 Å². The van der Waals surface area contributed by atoms with Crippen molar-refractivity contribution in [2.75, 3.05) is 0 Å². The number of nitrogens with zero attached hydrogens (tertiary/aromatic N) is 1. The summed E-state index contributed by atoms with van der Waals surface area (Å²) < 4.78 is 0. The van der Waals surface area contributed by atoms with Gasteiger partial charge in [0, 0.05) is 24.0 Å². The van der Waals surface area contributed by atoms with Gasteiger partial charge in [0.05, 0.1) is 6.04 Å². The summed E-state index contributed by atoms with van der Waals surface area (Å²) in [6, 6.07) is 18.3. The van der Waals surface area contributed by atoms with Crippen LogP contribution in [0.5, 0.6) is 0 Å². The first kappa shape index (κ1) is 22.4. The van der Waals surface area contributed by atoms with Gasteiger partial charge in [0.25, 0.3) is 11.8 Å². The number of carbonyl (C=O) groups is 3. The summed E-state index contributed by atoms with van der Waals surface area (Å²) in [7, 11) is 0. The third-order valence-electron chi connectivity index (χ3n) is 4.61. The van der Waals surface area contributed by atoms with Crippen LogP contribution in [0.3, 0.4) is 0 Å². The van der Waals surface area contributed by atoms with Gasteiger partial charge in [-0.2, -0.15) is 0 Å². The lowest BCUT2D eigenvalue weighted by Crippen LogP contribution is -2.41. The average molecular weight is 430 g/mol. The van der Waals surface area contributed by atoms with Crippen molar-refractivity contribution in [1.82, 2.24) is 21.1 Å². The van der Waals surface area contributed by atoms with E-state index >= 15 is 0 Å². The Morgan fingerprint density at radius 3 is 2.38 bits per heavy atom. The molecule has 0 aliphatic heterocycles. The van der Waals surface area contributed by atoms with Crippen molar-refractivity contribution in [3.8, 4) is 0 Å². The fraction of sp³-hybridized carbons (Fsp3) is 0.0833. The number of urea groups is 1. The first-order valence-corrected chi connectivity index (χ1v) is 9.83. The number of hydroxylamine groups is 1. The molecule has 3 aromatic rings. The predicted molar refractivity (Wildman–Crippen MR) is 119 cm³/mol. The van der Waals surface area contributed by atoms with E-state index in [1.165, 1.54) is 11.6 Å². The normalized spacial score (nSPS) is 11.5. The molecule has 3 rings (SSSR count). The van der Waals surface area contributed by atoms with Crippen LogP contribution in [-0.4, -0.2) is 28.0 Å². The summed E-state index contributed by atoms with van der Waals surface area (Å²) in [5.41, 5.74) is 4.37. The number of carbonyl (C=O) groups excluding carboxylic acids is 3. The van der Waals surface area contributed by atoms with E-state index < -0.39 is 23.9 Å². The molecular weight excluding hydrogens is 408 g/mol. The quantitative estimate of drug-likeness (QED) is 0.261. The molecule has 0 saturated carbocycles. The number of rotatable bonds is 7. The van der Waals surface area contributed by atoms with Crippen molar-refractivity contribution in [3.05, 3.63) is 107 Å². The molecule has 1 atom stereocenters. The maximum atomic E-state index is 12.5. The molecule has 8 nitrogen and oxygen atoms in total. The fourth-order valence-corrected chi connectivity index (χ4v) is 3.01. The van der Waals surface area contributed by atoms with E-state index in [0.717, 1.165) is 16.7 Å². The topological polar surface area (TPSA) is 120 Å².